The van der Waals surface area contributed by atoms with Crippen LogP contribution in [-0.2, 0) is 0 Å². The molecule has 0 bridgehead atoms. The Morgan fingerprint density at radius 3 is 1.71 bits per heavy atom. The van der Waals surface area contributed by atoms with Gasteiger partial charge in [0, 0.05) is 0 Å². The smallest absolute Gasteiger partial charge is 0.309 e. The number of carbonyl (C=O) groups excluding carboxylic acids is 1. The molecule has 7 heavy (non-hydrogen) atoms. The van der Waals surface area contributed by atoms with Gasteiger partial charge >= 0.3 is 6.03 Å². The lowest BCUT2D eigenvalue weighted by molar-refractivity contribution is 0.256. The van der Waals surface area contributed by atoms with E-state index in [1.165, 1.54) is 5.40 Å². The Kier molecular flexibility index (Phi) is 12.0. The number of nitriles is 1. The highest BCUT2D eigenvalue weighted by molar-refractivity contribution is 7.85. The van der Waals surface area contributed by atoms with Crippen LogP contribution in [0.15, 0.2) is 0 Å². The van der Waals surface area contributed by atoms with Crippen molar-refractivity contribution in [1.29, 1.82) is 5.26 Å². The first-order valence-corrected chi connectivity index (χ1v) is 1.68. The topological polar surface area (TPSA) is 92.9 Å². The lowest BCUT2D eigenvalue weighted by atomic mass is 11.2. The van der Waals surface area contributed by atoms with Gasteiger partial charge in [0.15, 0.2) is 0 Å². The van der Waals surface area contributed by atoms with Crippen molar-refractivity contribution in [3.8, 4) is 5.40 Å². The van der Waals surface area contributed by atoms with E-state index in [-0.39, 0.29) is 0 Å². The van der Waals surface area contributed by atoms with Gasteiger partial charge in [0.25, 0.3) is 0 Å². The van der Waals surface area contributed by atoms with Crippen LogP contribution in [0.5, 0.6) is 0 Å². The van der Waals surface area contributed by atoms with Gasteiger partial charge in [-0.1, -0.05) is 12.6 Å². The van der Waals surface area contributed by atoms with Crippen LogP contribution in [0.4, 0.5) is 4.79 Å². The fourth-order valence-electron chi connectivity index (χ4n) is 0. The number of hydrogen-bond donors (Lipinski definition) is 3. The third-order valence-corrected chi connectivity index (χ3v) is 0. The Bertz CT molecular complexity index is 81.4. The van der Waals surface area contributed by atoms with E-state index in [1.54, 1.807) is 0 Å². The van der Waals surface area contributed by atoms with Crippen molar-refractivity contribution >= 4 is 18.7 Å². The molecule has 0 aliphatic rings. The summed E-state index contributed by atoms with van der Waals surface area (Å²) in [6.45, 7) is 0. The fraction of sp³-hybridized carbons (Fsp3) is 0. The lowest BCUT2D eigenvalue weighted by Crippen LogP contribution is -2.18. The molecule has 0 aliphatic carbocycles. The van der Waals surface area contributed by atoms with E-state index in [2.05, 4.69) is 24.1 Å². The van der Waals surface area contributed by atoms with E-state index in [9.17, 15) is 0 Å². The first-order valence-electron chi connectivity index (χ1n) is 1.23. The van der Waals surface area contributed by atoms with Crippen LogP contribution in [0.3, 0.4) is 0 Å². The summed E-state index contributed by atoms with van der Waals surface area (Å²) in [6.07, 6.45) is 0. The highest BCUT2D eigenvalue weighted by atomic mass is 32.1. The van der Waals surface area contributed by atoms with Crippen LogP contribution in [0.1, 0.15) is 0 Å². The molecule has 0 rings (SSSR count). The zero-order valence-electron chi connectivity index (χ0n) is 3.46. The largest absolute Gasteiger partial charge is 0.352 e. The van der Waals surface area contributed by atoms with Crippen LogP contribution in [-0.4, -0.2) is 6.03 Å². The van der Waals surface area contributed by atoms with Gasteiger partial charge in [-0.05, 0) is 0 Å². The molecule has 0 unspecified atom stereocenters. The summed E-state index contributed by atoms with van der Waals surface area (Å²) in [5.41, 5.74) is 8.50. The van der Waals surface area contributed by atoms with Crippen molar-refractivity contribution < 1.29 is 4.79 Å². The molecule has 0 saturated heterocycles. The second-order valence-electron chi connectivity index (χ2n) is 0.502. The molecule has 2 amide bonds. The Balaban J connectivity index is 0. The molecule has 0 heterocycles. The maximum absolute atomic E-state index is 9.00. The SMILES string of the molecule is N#CS.NC(N)=O. The molecule has 5 heteroatoms. The molecule has 0 spiro atoms. The molecule has 0 fully saturated rings. The number of nitrogens with zero attached hydrogens (tertiary/aromatic N) is 1. The summed E-state index contributed by atoms with van der Waals surface area (Å²) in [5.74, 6) is 0. The predicted molar refractivity (Wildman–Crippen MR) is 28.4 cm³/mol. The number of urea groups is 1. The van der Waals surface area contributed by atoms with Crippen molar-refractivity contribution in [3.05, 3.63) is 0 Å². The lowest BCUT2D eigenvalue weighted by Gasteiger charge is -1.62. The second kappa shape index (κ2) is 8.92. The second-order valence-corrected chi connectivity index (χ2v) is 0.702. The van der Waals surface area contributed by atoms with Crippen molar-refractivity contribution in [2.75, 3.05) is 0 Å². The summed E-state index contributed by atoms with van der Waals surface area (Å²) in [4.78, 5) is 9.00. The van der Waals surface area contributed by atoms with Gasteiger partial charge < -0.3 is 11.5 Å². The van der Waals surface area contributed by atoms with Crippen LogP contribution in [0.2, 0.25) is 0 Å². The highest BCUT2D eigenvalue weighted by Gasteiger charge is 1.60. The number of hydrogen-bond acceptors (Lipinski definition) is 3. The van der Waals surface area contributed by atoms with E-state index < -0.39 is 6.03 Å². The van der Waals surface area contributed by atoms with Crippen LogP contribution in [0, 0.1) is 10.7 Å². The molecule has 0 radical (unpaired) electrons. The monoisotopic (exact) mass is 119 g/mol. The molecule has 4 nitrogen and oxygen atoms in total. The summed E-state index contributed by atoms with van der Waals surface area (Å²) in [5, 5.41) is 8.63. The standard InChI is InChI=1S/CH4N2O.CHNS/c2-1(3)4;2-1-3/h(H4,2,3,4);3H. The number of carbonyl (C=O) groups is 1. The molecule has 0 aromatic rings. The molecule has 40 valence electrons. The maximum Gasteiger partial charge on any atom is 0.309 e. The van der Waals surface area contributed by atoms with Crippen molar-refractivity contribution in [2.45, 2.75) is 0 Å². The van der Waals surface area contributed by atoms with Crippen LogP contribution in [0.25, 0.3) is 0 Å². The maximum atomic E-state index is 9.00. The number of thiol groups is 1. The summed E-state index contributed by atoms with van der Waals surface area (Å²) < 4.78 is 0. The Hall–Kier alpha value is -0.890. The van der Waals surface area contributed by atoms with Gasteiger partial charge in [-0.15, -0.1) is 0 Å². The predicted octanol–water partition coefficient (Wildman–Crippen LogP) is -0.579. The van der Waals surface area contributed by atoms with Crippen molar-refractivity contribution in [2.24, 2.45) is 11.5 Å². The van der Waals surface area contributed by atoms with E-state index >= 15 is 0 Å². The molecule has 0 atom stereocenters. The van der Waals surface area contributed by atoms with Gasteiger partial charge in [-0.2, -0.15) is 5.26 Å². The zero-order chi connectivity index (χ0) is 6.28. The fourth-order valence-corrected chi connectivity index (χ4v) is 0. The van der Waals surface area contributed by atoms with E-state index in [1.807, 2.05) is 0 Å². The zero-order valence-corrected chi connectivity index (χ0v) is 4.35. The van der Waals surface area contributed by atoms with E-state index in [0.29, 0.717) is 0 Å². The third-order valence-electron chi connectivity index (χ3n) is 0. The minimum atomic E-state index is -0.833. The summed E-state index contributed by atoms with van der Waals surface area (Å²) in [6, 6.07) is -0.833. The normalized spacial score (nSPS) is 4.57. The molecule has 0 aromatic carbocycles. The third kappa shape index (κ3) is 62.4. The van der Waals surface area contributed by atoms with Crippen molar-refractivity contribution in [1.82, 2.24) is 0 Å². The van der Waals surface area contributed by atoms with E-state index in [0.717, 1.165) is 0 Å². The van der Waals surface area contributed by atoms with Gasteiger partial charge in [0.2, 0.25) is 0 Å². The molecule has 0 aliphatic heterocycles. The molecule has 0 saturated carbocycles. The first kappa shape index (κ1) is 9.44. The average molecular weight is 119 g/mol. The molecule has 0 aromatic heterocycles. The van der Waals surface area contributed by atoms with Crippen LogP contribution >= 0.6 is 12.6 Å². The number of rotatable bonds is 0. The van der Waals surface area contributed by atoms with Crippen molar-refractivity contribution in [3.63, 3.8) is 0 Å². The number of amides is 2. The van der Waals surface area contributed by atoms with Gasteiger partial charge in [-0.3, -0.25) is 0 Å². The Morgan fingerprint density at radius 1 is 1.71 bits per heavy atom. The summed E-state index contributed by atoms with van der Waals surface area (Å²) in [7, 11) is 0. The molecular weight excluding hydrogens is 114 g/mol. The van der Waals surface area contributed by atoms with E-state index in [4.69, 9.17) is 10.1 Å². The average Bonchev–Trinajstić information content (AvgIpc) is 1.33. The van der Waals surface area contributed by atoms with Gasteiger partial charge in [0.05, 0.1) is 0 Å². The Morgan fingerprint density at radius 2 is 1.71 bits per heavy atom. The first-order chi connectivity index (χ1) is 3.15. The number of thiocyanates is 1. The van der Waals surface area contributed by atoms with Gasteiger partial charge in [0.1, 0.15) is 5.40 Å². The number of primary amides is 2. The molecule has 4 N–H and O–H groups in total. The van der Waals surface area contributed by atoms with Gasteiger partial charge in [-0.25, -0.2) is 4.79 Å². The molecular formula is C2H5N3OS. The Labute approximate surface area is 46.5 Å². The number of nitrogens with two attached hydrogens (primary N) is 2. The minimum absolute atomic E-state index is 0.833. The highest BCUT2D eigenvalue weighted by Crippen LogP contribution is 1.46. The minimum Gasteiger partial charge on any atom is -0.352 e. The van der Waals surface area contributed by atoms with Crippen LogP contribution < -0.4 is 11.5 Å². The quantitative estimate of drug-likeness (QED) is 0.294. The summed E-state index contributed by atoms with van der Waals surface area (Å²) >= 11 is 3.09.